The van der Waals surface area contributed by atoms with E-state index in [9.17, 15) is 8.42 Å². The zero-order valence-corrected chi connectivity index (χ0v) is 13.9. The number of nitrogens with one attached hydrogen (secondary N) is 1. The van der Waals surface area contributed by atoms with E-state index in [0.29, 0.717) is 27.3 Å². The second-order valence-electron chi connectivity index (χ2n) is 4.96. The van der Waals surface area contributed by atoms with E-state index in [1.165, 1.54) is 18.2 Å². The maximum atomic E-state index is 12.9. The second-order valence-corrected chi connectivity index (χ2v) is 7.69. The van der Waals surface area contributed by atoms with Crippen LogP contribution in [-0.4, -0.2) is 13.4 Å². The minimum absolute atomic E-state index is 0.102. The minimum atomic E-state index is -3.72. The number of nitrogens with two attached hydrogens (primary N) is 1. The van der Waals surface area contributed by atoms with Crippen molar-refractivity contribution in [1.82, 2.24) is 4.98 Å². The third-order valence-electron chi connectivity index (χ3n) is 3.44. The molecule has 0 aliphatic carbocycles. The predicted octanol–water partition coefficient (Wildman–Crippen LogP) is 4.20. The lowest BCUT2D eigenvalue weighted by Crippen LogP contribution is -2.03. The van der Waals surface area contributed by atoms with Crippen molar-refractivity contribution in [3.63, 3.8) is 0 Å². The van der Waals surface area contributed by atoms with Gasteiger partial charge in [-0.2, -0.15) is 0 Å². The van der Waals surface area contributed by atoms with Crippen molar-refractivity contribution in [2.75, 3.05) is 5.73 Å². The molecule has 0 aliphatic rings. The molecule has 0 amide bonds. The number of halogens is 2. The lowest BCUT2D eigenvalue weighted by molar-refractivity contribution is 0.596. The van der Waals surface area contributed by atoms with Gasteiger partial charge in [0.25, 0.3) is 0 Å². The van der Waals surface area contributed by atoms with Crippen LogP contribution in [0, 0.1) is 6.92 Å². The summed E-state index contributed by atoms with van der Waals surface area (Å²) < 4.78 is 25.9. The van der Waals surface area contributed by atoms with Crippen LogP contribution in [0.2, 0.25) is 10.0 Å². The van der Waals surface area contributed by atoms with E-state index in [0.717, 1.165) is 0 Å². The molecule has 22 heavy (non-hydrogen) atoms. The second kappa shape index (κ2) is 5.19. The molecule has 3 rings (SSSR count). The zero-order valence-electron chi connectivity index (χ0n) is 11.5. The highest BCUT2D eigenvalue weighted by Gasteiger charge is 2.25. The van der Waals surface area contributed by atoms with Gasteiger partial charge in [-0.05, 0) is 37.3 Å². The fourth-order valence-corrected chi connectivity index (χ4v) is 4.51. The highest BCUT2D eigenvalue weighted by molar-refractivity contribution is 7.91. The standard InChI is InChI=1S/C15H12Cl2N2O2S/c1-8-15(11-4-2-9(16)6-14(11)19-8)22(20,21)10-3-5-13(18)12(17)7-10/h2-7,19H,18H2,1H3. The van der Waals surface area contributed by atoms with E-state index >= 15 is 0 Å². The molecule has 0 atom stereocenters. The summed E-state index contributed by atoms with van der Waals surface area (Å²) in [5.74, 6) is 0. The van der Waals surface area contributed by atoms with Gasteiger partial charge in [-0.3, -0.25) is 0 Å². The number of anilines is 1. The molecule has 1 heterocycles. The van der Waals surface area contributed by atoms with Crippen molar-refractivity contribution in [1.29, 1.82) is 0 Å². The molecule has 1 aromatic heterocycles. The summed E-state index contributed by atoms with van der Waals surface area (Å²) in [6.07, 6.45) is 0. The number of aromatic nitrogens is 1. The summed E-state index contributed by atoms with van der Waals surface area (Å²) in [6.45, 7) is 1.71. The Morgan fingerprint density at radius 3 is 2.50 bits per heavy atom. The molecular formula is C15H12Cl2N2O2S. The number of fused-ring (bicyclic) bond motifs is 1. The van der Waals surface area contributed by atoms with Crippen LogP contribution in [0.15, 0.2) is 46.2 Å². The molecule has 0 aliphatic heterocycles. The molecule has 0 unspecified atom stereocenters. The summed E-state index contributed by atoms with van der Waals surface area (Å²) in [6, 6.07) is 9.33. The van der Waals surface area contributed by atoms with Crippen molar-refractivity contribution in [3.8, 4) is 0 Å². The summed E-state index contributed by atoms with van der Waals surface area (Å²) in [5.41, 5.74) is 7.19. The quantitative estimate of drug-likeness (QED) is 0.677. The average molecular weight is 355 g/mol. The summed E-state index contributed by atoms with van der Waals surface area (Å²) in [5, 5.41) is 1.34. The Labute approximate surface area is 137 Å². The normalized spacial score (nSPS) is 12.0. The van der Waals surface area contributed by atoms with Gasteiger partial charge in [-0.25, -0.2) is 8.42 Å². The maximum Gasteiger partial charge on any atom is 0.209 e. The molecule has 7 heteroatoms. The van der Waals surface area contributed by atoms with Gasteiger partial charge in [0.1, 0.15) is 0 Å². The predicted molar refractivity (Wildman–Crippen MR) is 89.4 cm³/mol. The first-order valence-corrected chi connectivity index (χ1v) is 8.62. The third-order valence-corrected chi connectivity index (χ3v) is 5.94. The van der Waals surface area contributed by atoms with E-state index in [-0.39, 0.29) is 14.8 Å². The molecule has 0 fully saturated rings. The molecule has 0 saturated heterocycles. The molecule has 0 spiro atoms. The molecule has 0 radical (unpaired) electrons. The Morgan fingerprint density at radius 1 is 1.09 bits per heavy atom. The lowest BCUT2D eigenvalue weighted by atomic mass is 10.2. The number of H-pyrrole nitrogens is 1. The van der Waals surface area contributed by atoms with Crippen LogP contribution in [0.1, 0.15) is 5.69 Å². The Bertz CT molecular complexity index is 994. The third kappa shape index (κ3) is 2.35. The first-order chi connectivity index (χ1) is 10.3. The van der Waals surface area contributed by atoms with Gasteiger partial charge in [-0.1, -0.05) is 29.3 Å². The van der Waals surface area contributed by atoms with Crippen LogP contribution in [0.4, 0.5) is 5.69 Å². The van der Waals surface area contributed by atoms with Gasteiger partial charge in [0.2, 0.25) is 9.84 Å². The Morgan fingerprint density at radius 2 is 1.82 bits per heavy atom. The number of aromatic amines is 1. The SMILES string of the molecule is Cc1[nH]c2cc(Cl)ccc2c1S(=O)(=O)c1ccc(N)c(Cl)c1. The van der Waals surface area contributed by atoms with E-state index in [1.807, 2.05) is 0 Å². The number of hydrogen-bond donors (Lipinski definition) is 2. The van der Waals surface area contributed by atoms with Crippen molar-refractivity contribution < 1.29 is 8.42 Å². The van der Waals surface area contributed by atoms with Crippen molar-refractivity contribution in [3.05, 3.63) is 52.1 Å². The lowest BCUT2D eigenvalue weighted by Gasteiger charge is -2.07. The summed E-state index contributed by atoms with van der Waals surface area (Å²) in [7, 11) is -3.72. The number of sulfone groups is 1. The molecular weight excluding hydrogens is 343 g/mol. The fourth-order valence-electron chi connectivity index (χ4n) is 2.42. The molecule has 0 saturated carbocycles. The topological polar surface area (TPSA) is 76.0 Å². The van der Waals surface area contributed by atoms with Crippen molar-refractivity contribution >= 4 is 49.6 Å². The van der Waals surface area contributed by atoms with E-state index in [4.69, 9.17) is 28.9 Å². The summed E-state index contributed by atoms with van der Waals surface area (Å²) >= 11 is 11.9. The van der Waals surface area contributed by atoms with Gasteiger partial charge in [0, 0.05) is 21.6 Å². The van der Waals surface area contributed by atoms with Crippen LogP contribution in [0.5, 0.6) is 0 Å². The molecule has 4 nitrogen and oxygen atoms in total. The first-order valence-electron chi connectivity index (χ1n) is 6.38. The number of nitrogen functional groups attached to an aromatic ring is 1. The average Bonchev–Trinajstić information content (AvgIpc) is 2.77. The van der Waals surface area contributed by atoms with Gasteiger partial charge >= 0.3 is 0 Å². The van der Waals surface area contributed by atoms with Gasteiger partial charge in [-0.15, -0.1) is 0 Å². The smallest absolute Gasteiger partial charge is 0.209 e. The highest BCUT2D eigenvalue weighted by atomic mass is 35.5. The molecule has 0 bridgehead atoms. The number of aryl methyl sites for hydroxylation is 1. The Hall–Kier alpha value is -1.69. The molecule has 114 valence electrons. The fraction of sp³-hybridized carbons (Fsp3) is 0.0667. The minimum Gasteiger partial charge on any atom is -0.398 e. The molecule has 2 aromatic carbocycles. The van der Waals surface area contributed by atoms with Gasteiger partial charge in [0.15, 0.2) is 0 Å². The zero-order chi connectivity index (χ0) is 16.1. The van der Waals surface area contributed by atoms with Crippen LogP contribution < -0.4 is 5.73 Å². The van der Waals surface area contributed by atoms with Crippen LogP contribution >= 0.6 is 23.2 Å². The Kier molecular flexibility index (Phi) is 3.59. The number of hydrogen-bond acceptors (Lipinski definition) is 3. The summed E-state index contributed by atoms with van der Waals surface area (Å²) in [4.78, 5) is 3.37. The largest absolute Gasteiger partial charge is 0.398 e. The van der Waals surface area contributed by atoms with Gasteiger partial charge in [0.05, 0.1) is 20.5 Å². The monoisotopic (exact) mass is 354 g/mol. The van der Waals surface area contributed by atoms with Crippen LogP contribution in [0.25, 0.3) is 10.9 Å². The molecule has 3 N–H and O–H groups in total. The number of rotatable bonds is 2. The van der Waals surface area contributed by atoms with Crippen molar-refractivity contribution in [2.24, 2.45) is 0 Å². The van der Waals surface area contributed by atoms with E-state index in [1.54, 1.807) is 25.1 Å². The maximum absolute atomic E-state index is 12.9. The highest BCUT2D eigenvalue weighted by Crippen LogP contribution is 2.34. The van der Waals surface area contributed by atoms with E-state index < -0.39 is 9.84 Å². The van der Waals surface area contributed by atoms with Crippen LogP contribution in [0.3, 0.4) is 0 Å². The first kappa shape index (κ1) is 15.2. The number of benzene rings is 2. The van der Waals surface area contributed by atoms with Gasteiger partial charge < -0.3 is 10.7 Å². The Balaban J connectivity index is 2.29. The van der Waals surface area contributed by atoms with Crippen molar-refractivity contribution in [2.45, 2.75) is 16.7 Å². The molecule has 3 aromatic rings. The van der Waals surface area contributed by atoms with Crippen LogP contribution in [-0.2, 0) is 9.84 Å². The van der Waals surface area contributed by atoms with E-state index in [2.05, 4.69) is 4.98 Å².